The molecule has 3 heterocycles. The summed E-state index contributed by atoms with van der Waals surface area (Å²) in [5.41, 5.74) is 3.10. The Hall–Kier alpha value is -5.39. The zero-order chi connectivity index (χ0) is 28.8. The lowest BCUT2D eigenvalue weighted by Gasteiger charge is -2.35. The minimum absolute atomic E-state index is 0.0105. The van der Waals surface area contributed by atoms with E-state index in [1.807, 2.05) is 11.0 Å². The van der Waals surface area contributed by atoms with Crippen LogP contribution in [0.25, 0.3) is 22.5 Å². The molecule has 5 rings (SSSR count). The summed E-state index contributed by atoms with van der Waals surface area (Å²) in [6.45, 7) is 1.36. The maximum absolute atomic E-state index is 14.7. The van der Waals surface area contributed by atoms with E-state index in [2.05, 4.69) is 32.4 Å². The molecule has 1 saturated heterocycles. The van der Waals surface area contributed by atoms with Crippen molar-refractivity contribution in [3.05, 3.63) is 84.2 Å². The van der Waals surface area contributed by atoms with Gasteiger partial charge in [-0.15, -0.1) is 0 Å². The molecule has 1 N–H and O–H groups in total. The number of halogens is 1. The Labute approximate surface area is 235 Å². The molecule has 0 aliphatic carbocycles. The molecule has 0 saturated carbocycles. The average molecular weight is 550 g/mol. The zero-order valence-corrected chi connectivity index (χ0v) is 22.0. The lowest BCUT2D eigenvalue weighted by molar-refractivity contribution is 0.0439. The Kier molecular flexibility index (Phi) is 8.09. The SMILES string of the molecule is COc1cccc(F)c1-c1nccc(C(=O)Nc2ccc(-c3cnccc3C#N)cc2N2CCO[C@H](CC#N)C2)n1. The van der Waals surface area contributed by atoms with Crippen molar-refractivity contribution in [3.63, 3.8) is 0 Å². The van der Waals surface area contributed by atoms with Crippen LogP contribution in [0, 0.1) is 28.5 Å². The van der Waals surface area contributed by atoms with Crippen LogP contribution in [-0.2, 0) is 4.74 Å². The van der Waals surface area contributed by atoms with E-state index >= 15 is 0 Å². The van der Waals surface area contributed by atoms with E-state index in [0.717, 1.165) is 5.56 Å². The minimum atomic E-state index is -0.578. The smallest absolute Gasteiger partial charge is 0.274 e. The number of nitrogens with zero attached hydrogens (tertiary/aromatic N) is 6. The Morgan fingerprint density at radius 3 is 2.90 bits per heavy atom. The van der Waals surface area contributed by atoms with Gasteiger partial charge in [0.15, 0.2) is 5.82 Å². The molecule has 1 aliphatic heterocycles. The van der Waals surface area contributed by atoms with Gasteiger partial charge in [-0.1, -0.05) is 12.1 Å². The summed E-state index contributed by atoms with van der Waals surface area (Å²) in [6, 6.07) is 17.2. The Morgan fingerprint density at radius 2 is 2.10 bits per heavy atom. The molecule has 204 valence electrons. The fraction of sp³-hybridized carbons (Fsp3) is 0.200. The molecule has 1 atom stereocenters. The molecule has 10 nitrogen and oxygen atoms in total. The fourth-order valence-corrected chi connectivity index (χ4v) is 4.64. The molecule has 1 fully saturated rings. The lowest BCUT2D eigenvalue weighted by Crippen LogP contribution is -2.42. The third-order valence-electron chi connectivity index (χ3n) is 6.60. The summed E-state index contributed by atoms with van der Waals surface area (Å²) in [5.74, 6) is -0.854. The Morgan fingerprint density at radius 1 is 1.22 bits per heavy atom. The van der Waals surface area contributed by atoms with Gasteiger partial charge in [-0.05, 0) is 42.0 Å². The molecule has 1 aliphatic rings. The van der Waals surface area contributed by atoms with Crippen LogP contribution in [0.1, 0.15) is 22.5 Å². The van der Waals surface area contributed by atoms with Crippen molar-refractivity contribution in [2.45, 2.75) is 12.5 Å². The third kappa shape index (κ3) is 5.81. The first-order valence-corrected chi connectivity index (χ1v) is 12.7. The van der Waals surface area contributed by atoms with Gasteiger partial charge < -0.3 is 19.7 Å². The number of carbonyl (C=O) groups is 1. The topological polar surface area (TPSA) is 137 Å². The number of aromatic nitrogens is 3. The molecule has 4 aromatic rings. The van der Waals surface area contributed by atoms with Crippen LogP contribution in [0.3, 0.4) is 0 Å². The van der Waals surface area contributed by atoms with E-state index in [4.69, 9.17) is 9.47 Å². The third-order valence-corrected chi connectivity index (χ3v) is 6.60. The number of nitriles is 2. The van der Waals surface area contributed by atoms with Gasteiger partial charge in [0.05, 0.1) is 60.9 Å². The highest BCUT2D eigenvalue weighted by Crippen LogP contribution is 2.35. The van der Waals surface area contributed by atoms with Crippen molar-refractivity contribution in [1.82, 2.24) is 15.0 Å². The summed E-state index contributed by atoms with van der Waals surface area (Å²) >= 11 is 0. The Balaban J connectivity index is 1.51. The van der Waals surface area contributed by atoms with Crippen LogP contribution < -0.4 is 15.0 Å². The number of morpholine rings is 1. The van der Waals surface area contributed by atoms with Gasteiger partial charge in [0.25, 0.3) is 5.91 Å². The molecule has 2 aromatic carbocycles. The standard InChI is InChI=1S/C30H24FN7O3/c1-40-27-4-2-3-23(31)28(27)29-35-12-9-25(36-29)30(39)37-24-6-5-19(22-17-34-11-8-20(22)16-33)15-26(24)38-13-14-41-21(18-38)7-10-32/h2-6,8-9,11-12,15,17,21H,7,13-14,18H2,1H3,(H,37,39)/t21-/m1/s1. The lowest BCUT2D eigenvalue weighted by atomic mass is 10.0. The number of anilines is 2. The van der Waals surface area contributed by atoms with Crippen molar-refractivity contribution < 1.29 is 18.7 Å². The van der Waals surface area contributed by atoms with Crippen molar-refractivity contribution in [2.24, 2.45) is 0 Å². The predicted molar refractivity (Wildman–Crippen MR) is 149 cm³/mol. The van der Waals surface area contributed by atoms with Crippen LogP contribution in [0.4, 0.5) is 15.8 Å². The Bertz CT molecular complexity index is 1680. The van der Waals surface area contributed by atoms with Gasteiger partial charge in [-0.25, -0.2) is 14.4 Å². The summed E-state index contributed by atoms with van der Waals surface area (Å²) in [5, 5.41) is 21.7. The fourth-order valence-electron chi connectivity index (χ4n) is 4.64. The highest BCUT2D eigenvalue weighted by Gasteiger charge is 2.24. The molecule has 41 heavy (non-hydrogen) atoms. The molecular weight excluding hydrogens is 525 g/mol. The highest BCUT2D eigenvalue weighted by atomic mass is 19.1. The number of ether oxygens (including phenoxy) is 2. The number of pyridine rings is 1. The monoisotopic (exact) mass is 549 g/mol. The first kappa shape index (κ1) is 27.2. The van der Waals surface area contributed by atoms with Crippen LogP contribution in [0.2, 0.25) is 0 Å². The van der Waals surface area contributed by atoms with Gasteiger partial charge >= 0.3 is 0 Å². The number of amides is 1. The number of rotatable bonds is 7. The summed E-state index contributed by atoms with van der Waals surface area (Å²) in [6.07, 6.45) is 4.48. The van der Waals surface area contributed by atoms with Crippen molar-refractivity contribution in [2.75, 3.05) is 37.0 Å². The van der Waals surface area contributed by atoms with Gasteiger partial charge in [0.2, 0.25) is 0 Å². The van der Waals surface area contributed by atoms with Gasteiger partial charge in [0.1, 0.15) is 17.3 Å². The van der Waals surface area contributed by atoms with Crippen LogP contribution in [0.5, 0.6) is 5.75 Å². The van der Waals surface area contributed by atoms with E-state index in [1.54, 1.807) is 36.7 Å². The molecule has 1 amide bonds. The van der Waals surface area contributed by atoms with Crippen LogP contribution in [-0.4, -0.2) is 53.8 Å². The van der Waals surface area contributed by atoms with E-state index < -0.39 is 11.7 Å². The predicted octanol–water partition coefficient (Wildman–Crippen LogP) is 4.60. The number of hydrogen-bond donors (Lipinski definition) is 1. The molecular formula is C30H24FN7O3. The normalized spacial score (nSPS) is 14.5. The van der Waals surface area contributed by atoms with Crippen molar-refractivity contribution >= 4 is 17.3 Å². The first-order chi connectivity index (χ1) is 20.0. The van der Waals surface area contributed by atoms with E-state index in [1.165, 1.54) is 31.5 Å². The summed E-state index contributed by atoms with van der Waals surface area (Å²) < 4.78 is 25.7. The first-order valence-electron chi connectivity index (χ1n) is 12.7. The maximum atomic E-state index is 14.7. The van der Waals surface area contributed by atoms with Gasteiger partial charge in [-0.3, -0.25) is 9.78 Å². The second-order valence-corrected chi connectivity index (χ2v) is 9.10. The molecule has 0 unspecified atom stereocenters. The molecule has 0 bridgehead atoms. The van der Waals surface area contributed by atoms with Gasteiger partial charge in [0, 0.05) is 37.2 Å². The van der Waals surface area contributed by atoms with Crippen LogP contribution in [0.15, 0.2) is 67.1 Å². The minimum Gasteiger partial charge on any atom is -0.496 e. The second kappa shape index (κ2) is 12.2. The van der Waals surface area contributed by atoms with E-state index in [-0.39, 0.29) is 35.4 Å². The average Bonchev–Trinajstić information content (AvgIpc) is 3.01. The summed E-state index contributed by atoms with van der Waals surface area (Å²) in [4.78, 5) is 28.1. The van der Waals surface area contributed by atoms with Crippen LogP contribution >= 0.6 is 0 Å². The number of methoxy groups -OCH3 is 1. The van der Waals surface area contributed by atoms with E-state index in [0.29, 0.717) is 42.2 Å². The number of nitrogens with one attached hydrogen (secondary N) is 1. The zero-order valence-electron chi connectivity index (χ0n) is 22.0. The largest absolute Gasteiger partial charge is 0.496 e. The number of benzene rings is 2. The van der Waals surface area contributed by atoms with Crippen molar-refractivity contribution in [1.29, 1.82) is 10.5 Å². The quantitative estimate of drug-likeness (QED) is 0.351. The molecule has 11 heteroatoms. The maximum Gasteiger partial charge on any atom is 0.274 e. The van der Waals surface area contributed by atoms with Gasteiger partial charge in [-0.2, -0.15) is 10.5 Å². The van der Waals surface area contributed by atoms with Crippen molar-refractivity contribution in [3.8, 4) is 40.4 Å². The second-order valence-electron chi connectivity index (χ2n) is 9.10. The number of carbonyl (C=O) groups excluding carboxylic acids is 1. The van der Waals surface area contributed by atoms with E-state index in [9.17, 15) is 19.7 Å². The number of hydrogen-bond acceptors (Lipinski definition) is 9. The molecule has 2 aromatic heterocycles. The molecule has 0 radical (unpaired) electrons. The molecule has 0 spiro atoms. The summed E-state index contributed by atoms with van der Waals surface area (Å²) in [7, 11) is 1.41. The highest BCUT2D eigenvalue weighted by molar-refractivity contribution is 6.05.